The van der Waals surface area contributed by atoms with E-state index < -0.39 is 0 Å². The van der Waals surface area contributed by atoms with Gasteiger partial charge in [0.1, 0.15) is 0 Å². The summed E-state index contributed by atoms with van der Waals surface area (Å²) in [5, 5.41) is 3.53. The first-order chi connectivity index (χ1) is 6.50. The quantitative estimate of drug-likeness (QED) is 0.708. The number of ether oxygens (including phenoxy) is 1. The van der Waals surface area contributed by atoms with Crippen LogP contribution in [0.3, 0.4) is 0 Å². The molecule has 1 N–H and O–H groups in total. The summed E-state index contributed by atoms with van der Waals surface area (Å²) in [6.45, 7) is 11.3. The second-order valence-corrected chi connectivity index (χ2v) is 5.34. The van der Waals surface area contributed by atoms with E-state index in [-0.39, 0.29) is 0 Å². The van der Waals surface area contributed by atoms with Gasteiger partial charge < -0.3 is 10.1 Å². The minimum atomic E-state index is 0.397. The van der Waals surface area contributed by atoms with Gasteiger partial charge in [-0.25, -0.2) is 0 Å². The Hall–Kier alpha value is -0.0800. The Morgan fingerprint density at radius 3 is 2.57 bits per heavy atom. The van der Waals surface area contributed by atoms with E-state index in [1.807, 2.05) is 7.11 Å². The first-order valence-electron chi connectivity index (χ1n) is 5.74. The van der Waals surface area contributed by atoms with Crippen molar-refractivity contribution in [3.05, 3.63) is 0 Å². The van der Waals surface area contributed by atoms with Crippen molar-refractivity contribution in [2.75, 3.05) is 20.2 Å². The molecular formula is C12H25NO. The maximum atomic E-state index is 5.41. The van der Waals surface area contributed by atoms with Crippen molar-refractivity contribution in [2.24, 2.45) is 17.3 Å². The molecule has 0 spiro atoms. The first-order valence-corrected chi connectivity index (χ1v) is 5.74. The molecule has 1 aliphatic carbocycles. The van der Waals surface area contributed by atoms with E-state index in [1.165, 1.54) is 6.42 Å². The lowest BCUT2D eigenvalue weighted by atomic mass is 10.00. The predicted octanol–water partition coefficient (Wildman–Crippen LogP) is 2.29. The van der Waals surface area contributed by atoms with Crippen LogP contribution in [0, 0.1) is 17.3 Å². The van der Waals surface area contributed by atoms with Gasteiger partial charge in [-0.15, -0.1) is 0 Å². The lowest BCUT2D eigenvalue weighted by molar-refractivity contribution is 0.0551. The van der Waals surface area contributed by atoms with Crippen molar-refractivity contribution in [3.8, 4) is 0 Å². The van der Waals surface area contributed by atoms with Gasteiger partial charge in [0.15, 0.2) is 0 Å². The van der Waals surface area contributed by atoms with Gasteiger partial charge in [0, 0.05) is 7.11 Å². The first kappa shape index (κ1) is 12.0. The van der Waals surface area contributed by atoms with Crippen LogP contribution in [0.4, 0.5) is 0 Å². The highest BCUT2D eigenvalue weighted by molar-refractivity contribution is 5.03. The van der Waals surface area contributed by atoms with Crippen molar-refractivity contribution >= 4 is 0 Å². The summed E-state index contributed by atoms with van der Waals surface area (Å²) in [6.07, 6.45) is 1.71. The van der Waals surface area contributed by atoms with Gasteiger partial charge in [0.2, 0.25) is 0 Å². The van der Waals surface area contributed by atoms with Gasteiger partial charge in [-0.2, -0.15) is 0 Å². The average molecular weight is 199 g/mol. The highest BCUT2D eigenvalue weighted by Gasteiger charge is 2.53. The van der Waals surface area contributed by atoms with E-state index in [9.17, 15) is 0 Å². The van der Waals surface area contributed by atoms with Gasteiger partial charge in [0.05, 0.1) is 6.10 Å². The second-order valence-electron chi connectivity index (χ2n) is 5.34. The van der Waals surface area contributed by atoms with E-state index in [4.69, 9.17) is 4.74 Å². The third-order valence-corrected chi connectivity index (χ3v) is 3.68. The molecule has 3 atom stereocenters. The topological polar surface area (TPSA) is 21.3 Å². The maximum absolute atomic E-state index is 5.41. The predicted molar refractivity (Wildman–Crippen MR) is 60.4 cm³/mol. The molecule has 0 saturated heterocycles. The number of methoxy groups -OCH3 is 1. The zero-order chi connectivity index (χ0) is 10.8. The fourth-order valence-corrected chi connectivity index (χ4v) is 2.09. The summed E-state index contributed by atoms with van der Waals surface area (Å²) in [4.78, 5) is 0. The van der Waals surface area contributed by atoms with Crippen LogP contribution in [-0.4, -0.2) is 26.3 Å². The van der Waals surface area contributed by atoms with E-state index in [2.05, 4.69) is 33.0 Å². The molecule has 14 heavy (non-hydrogen) atoms. The summed E-state index contributed by atoms with van der Waals surface area (Å²) in [7, 11) is 1.81. The van der Waals surface area contributed by atoms with Crippen molar-refractivity contribution in [3.63, 3.8) is 0 Å². The Morgan fingerprint density at radius 2 is 2.07 bits per heavy atom. The Labute approximate surface area is 88.4 Å². The highest BCUT2D eigenvalue weighted by atomic mass is 16.5. The van der Waals surface area contributed by atoms with E-state index in [0.717, 1.165) is 24.9 Å². The smallest absolute Gasteiger partial charge is 0.0600 e. The molecule has 0 aromatic carbocycles. The Bertz CT molecular complexity index is 181. The van der Waals surface area contributed by atoms with Gasteiger partial charge >= 0.3 is 0 Å². The molecule has 1 rings (SSSR count). The van der Waals surface area contributed by atoms with Crippen LogP contribution in [0.2, 0.25) is 0 Å². The number of hydrogen-bond donors (Lipinski definition) is 1. The minimum Gasteiger partial charge on any atom is -0.381 e. The Morgan fingerprint density at radius 1 is 1.43 bits per heavy atom. The molecular weight excluding hydrogens is 174 g/mol. The zero-order valence-corrected chi connectivity index (χ0v) is 10.3. The lowest BCUT2D eigenvalue weighted by Gasteiger charge is -2.19. The van der Waals surface area contributed by atoms with Gasteiger partial charge in [-0.1, -0.05) is 20.8 Å². The third kappa shape index (κ3) is 2.71. The SMILES string of the molecule is COC(C)C1(C)CC1CNCC(C)C. The lowest BCUT2D eigenvalue weighted by Crippen LogP contribution is -2.27. The van der Waals surface area contributed by atoms with Crippen LogP contribution in [0.15, 0.2) is 0 Å². The molecule has 3 unspecified atom stereocenters. The molecule has 84 valence electrons. The monoisotopic (exact) mass is 199 g/mol. The molecule has 0 radical (unpaired) electrons. The number of rotatable bonds is 6. The van der Waals surface area contributed by atoms with E-state index >= 15 is 0 Å². The van der Waals surface area contributed by atoms with Crippen LogP contribution in [-0.2, 0) is 4.74 Å². The second kappa shape index (κ2) is 4.63. The molecule has 0 amide bonds. The molecule has 0 aliphatic heterocycles. The molecule has 1 aliphatic rings. The summed E-state index contributed by atoms with van der Waals surface area (Å²) >= 11 is 0. The molecule has 0 aromatic rings. The zero-order valence-electron chi connectivity index (χ0n) is 10.3. The summed E-state index contributed by atoms with van der Waals surface area (Å²) in [5.41, 5.74) is 0.429. The van der Waals surface area contributed by atoms with Crippen LogP contribution in [0.25, 0.3) is 0 Å². The van der Waals surface area contributed by atoms with Crippen molar-refractivity contribution in [2.45, 2.75) is 40.2 Å². The fourth-order valence-electron chi connectivity index (χ4n) is 2.09. The Balaban J connectivity index is 2.18. The molecule has 2 nitrogen and oxygen atoms in total. The molecule has 1 fully saturated rings. The molecule has 1 saturated carbocycles. The summed E-state index contributed by atoms with van der Waals surface area (Å²) in [5.74, 6) is 1.57. The van der Waals surface area contributed by atoms with Crippen molar-refractivity contribution in [1.82, 2.24) is 5.32 Å². The van der Waals surface area contributed by atoms with Crippen LogP contribution in [0.1, 0.15) is 34.1 Å². The van der Waals surface area contributed by atoms with Crippen LogP contribution < -0.4 is 5.32 Å². The fraction of sp³-hybridized carbons (Fsp3) is 1.00. The van der Waals surface area contributed by atoms with Gasteiger partial charge in [0.25, 0.3) is 0 Å². The van der Waals surface area contributed by atoms with E-state index in [0.29, 0.717) is 11.5 Å². The van der Waals surface area contributed by atoms with Gasteiger partial charge in [-0.3, -0.25) is 0 Å². The standard InChI is InChI=1S/C12H25NO/c1-9(2)7-13-8-11-6-12(11,4)10(3)14-5/h9-11,13H,6-8H2,1-5H3. The molecule has 0 heterocycles. The molecule has 0 aromatic heterocycles. The molecule has 0 bridgehead atoms. The largest absolute Gasteiger partial charge is 0.381 e. The van der Waals surface area contributed by atoms with Crippen molar-refractivity contribution < 1.29 is 4.74 Å². The summed E-state index contributed by atoms with van der Waals surface area (Å²) in [6, 6.07) is 0. The number of hydrogen-bond acceptors (Lipinski definition) is 2. The molecule has 2 heteroatoms. The van der Waals surface area contributed by atoms with Crippen LogP contribution in [0.5, 0.6) is 0 Å². The van der Waals surface area contributed by atoms with Gasteiger partial charge in [-0.05, 0) is 43.7 Å². The van der Waals surface area contributed by atoms with E-state index in [1.54, 1.807) is 0 Å². The maximum Gasteiger partial charge on any atom is 0.0600 e. The summed E-state index contributed by atoms with van der Waals surface area (Å²) < 4.78 is 5.41. The van der Waals surface area contributed by atoms with Crippen molar-refractivity contribution in [1.29, 1.82) is 0 Å². The average Bonchev–Trinajstić information content (AvgIpc) is 2.77. The normalized spacial score (nSPS) is 33.4. The number of nitrogens with one attached hydrogen (secondary N) is 1. The van der Waals surface area contributed by atoms with Crippen LogP contribution >= 0.6 is 0 Å². The third-order valence-electron chi connectivity index (χ3n) is 3.68. The Kier molecular flexibility index (Phi) is 3.96. The highest BCUT2D eigenvalue weighted by Crippen LogP contribution is 2.55. The minimum absolute atomic E-state index is 0.397.